The molecule has 4 nitrogen and oxygen atoms in total. The van der Waals surface area contributed by atoms with Gasteiger partial charge in [-0.05, 0) is 38.9 Å². The standard InChI is InChI=1S/C13H22N2O2/c1-11-6-7-13(12(15-11)10-14-2)17-9-5-4-8-16-3/h6-7,14H,4-5,8-10H2,1-3H3. The highest BCUT2D eigenvalue weighted by Gasteiger charge is 2.04. The maximum Gasteiger partial charge on any atom is 0.142 e. The van der Waals surface area contributed by atoms with Gasteiger partial charge in [0.2, 0.25) is 0 Å². The van der Waals surface area contributed by atoms with Crippen molar-refractivity contribution in [2.45, 2.75) is 26.3 Å². The minimum Gasteiger partial charge on any atom is -0.492 e. The number of methoxy groups -OCH3 is 1. The highest BCUT2D eigenvalue weighted by atomic mass is 16.5. The first kappa shape index (κ1) is 13.9. The molecule has 0 bridgehead atoms. The van der Waals surface area contributed by atoms with Gasteiger partial charge in [-0.15, -0.1) is 0 Å². The van der Waals surface area contributed by atoms with Crippen molar-refractivity contribution >= 4 is 0 Å². The van der Waals surface area contributed by atoms with Crippen LogP contribution in [0.25, 0.3) is 0 Å². The minimum atomic E-state index is 0.713. The van der Waals surface area contributed by atoms with Crippen molar-refractivity contribution in [3.05, 3.63) is 23.5 Å². The van der Waals surface area contributed by atoms with E-state index in [0.29, 0.717) is 6.61 Å². The van der Waals surface area contributed by atoms with E-state index >= 15 is 0 Å². The second kappa shape index (κ2) is 8.03. The number of nitrogens with zero attached hydrogens (tertiary/aromatic N) is 1. The van der Waals surface area contributed by atoms with Gasteiger partial charge in [-0.25, -0.2) is 0 Å². The average molecular weight is 238 g/mol. The molecule has 0 radical (unpaired) electrons. The molecule has 1 aromatic heterocycles. The zero-order valence-electron chi connectivity index (χ0n) is 11.0. The van der Waals surface area contributed by atoms with Crippen LogP contribution in [-0.4, -0.2) is 32.4 Å². The second-order valence-electron chi connectivity index (χ2n) is 3.98. The zero-order chi connectivity index (χ0) is 12.5. The Bertz CT molecular complexity index is 329. The molecule has 17 heavy (non-hydrogen) atoms. The van der Waals surface area contributed by atoms with E-state index in [1.54, 1.807) is 7.11 Å². The van der Waals surface area contributed by atoms with Crippen molar-refractivity contribution < 1.29 is 9.47 Å². The summed E-state index contributed by atoms with van der Waals surface area (Å²) < 4.78 is 10.7. The Kier molecular flexibility index (Phi) is 6.58. The lowest BCUT2D eigenvalue weighted by molar-refractivity contribution is 0.184. The Hall–Kier alpha value is -1.13. The van der Waals surface area contributed by atoms with E-state index in [1.807, 2.05) is 26.1 Å². The lowest BCUT2D eigenvalue weighted by Gasteiger charge is -2.11. The van der Waals surface area contributed by atoms with Crippen molar-refractivity contribution in [3.8, 4) is 5.75 Å². The number of aromatic nitrogens is 1. The monoisotopic (exact) mass is 238 g/mol. The molecule has 0 spiro atoms. The van der Waals surface area contributed by atoms with E-state index < -0.39 is 0 Å². The van der Waals surface area contributed by atoms with Crippen LogP contribution in [0.1, 0.15) is 24.2 Å². The average Bonchev–Trinajstić information content (AvgIpc) is 2.32. The van der Waals surface area contributed by atoms with Gasteiger partial charge >= 0.3 is 0 Å². The summed E-state index contributed by atoms with van der Waals surface area (Å²) >= 11 is 0. The van der Waals surface area contributed by atoms with Crippen LogP contribution in [0, 0.1) is 6.92 Å². The van der Waals surface area contributed by atoms with Crippen LogP contribution in [0.5, 0.6) is 5.75 Å². The maximum absolute atomic E-state index is 5.73. The number of hydrogen-bond acceptors (Lipinski definition) is 4. The van der Waals surface area contributed by atoms with E-state index in [1.165, 1.54) is 0 Å². The van der Waals surface area contributed by atoms with Crippen LogP contribution in [0.2, 0.25) is 0 Å². The molecule has 0 aliphatic heterocycles. The van der Waals surface area contributed by atoms with Gasteiger partial charge in [0.1, 0.15) is 5.75 Å². The molecule has 4 heteroatoms. The summed E-state index contributed by atoms with van der Waals surface area (Å²) in [5.41, 5.74) is 1.99. The minimum absolute atomic E-state index is 0.713. The number of hydrogen-bond donors (Lipinski definition) is 1. The fourth-order valence-electron chi connectivity index (χ4n) is 1.55. The molecular weight excluding hydrogens is 216 g/mol. The highest BCUT2D eigenvalue weighted by Crippen LogP contribution is 2.17. The molecule has 0 atom stereocenters. The first-order chi connectivity index (χ1) is 8.27. The van der Waals surface area contributed by atoms with E-state index in [-0.39, 0.29) is 0 Å². The largest absolute Gasteiger partial charge is 0.492 e. The zero-order valence-corrected chi connectivity index (χ0v) is 11.0. The van der Waals surface area contributed by atoms with Crippen molar-refractivity contribution in [3.63, 3.8) is 0 Å². The molecule has 0 unspecified atom stereocenters. The van der Waals surface area contributed by atoms with Gasteiger partial charge < -0.3 is 14.8 Å². The molecule has 1 aromatic rings. The summed E-state index contributed by atoms with van der Waals surface area (Å²) in [6.45, 7) is 4.22. The molecule has 0 saturated heterocycles. The quantitative estimate of drug-likeness (QED) is 0.703. The van der Waals surface area contributed by atoms with Crippen LogP contribution in [-0.2, 0) is 11.3 Å². The molecule has 1 rings (SSSR count). The Morgan fingerprint density at radius 2 is 2.00 bits per heavy atom. The topological polar surface area (TPSA) is 43.4 Å². The van der Waals surface area contributed by atoms with E-state index in [4.69, 9.17) is 9.47 Å². The lowest BCUT2D eigenvalue weighted by Crippen LogP contribution is -2.10. The number of ether oxygens (including phenoxy) is 2. The summed E-state index contributed by atoms with van der Waals surface area (Å²) in [5, 5.41) is 3.10. The molecule has 0 aliphatic carbocycles. The van der Waals surface area contributed by atoms with Crippen LogP contribution in [0.4, 0.5) is 0 Å². The van der Waals surface area contributed by atoms with Gasteiger partial charge in [-0.1, -0.05) is 0 Å². The normalized spacial score (nSPS) is 10.5. The van der Waals surface area contributed by atoms with Gasteiger partial charge in [0.05, 0.1) is 12.3 Å². The van der Waals surface area contributed by atoms with E-state index in [9.17, 15) is 0 Å². The Morgan fingerprint density at radius 3 is 2.71 bits per heavy atom. The summed E-state index contributed by atoms with van der Waals surface area (Å²) in [4.78, 5) is 4.47. The molecular formula is C13H22N2O2. The summed E-state index contributed by atoms with van der Waals surface area (Å²) in [6, 6.07) is 3.97. The first-order valence-corrected chi connectivity index (χ1v) is 6.00. The van der Waals surface area contributed by atoms with Gasteiger partial charge in [0.15, 0.2) is 0 Å². The molecule has 1 heterocycles. The fourth-order valence-corrected chi connectivity index (χ4v) is 1.55. The number of nitrogens with one attached hydrogen (secondary N) is 1. The van der Waals surface area contributed by atoms with Crippen LogP contribution < -0.4 is 10.1 Å². The Labute approximate surface area is 103 Å². The molecule has 0 amide bonds. The smallest absolute Gasteiger partial charge is 0.142 e. The number of pyridine rings is 1. The maximum atomic E-state index is 5.73. The SMILES string of the molecule is CNCc1nc(C)ccc1OCCCCOC. The third kappa shape index (κ3) is 5.15. The van der Waals surface area contributed by atoms with E-state index in [2.05, 4.69) is 10.3 Å². The summed E-state index contributed by atoms with van der Waals surface area (Å²) in [5.74, 6) is 0.877. The Morgan fingerprint density at radius 1 is 1.24 bits per heavy atom. The van der Waals surface area contributed by atoms with Crippen molar-refractivity contribution in [1.29, 1.82) is 0 Å². The van der Waals surface area contributed by atoms with Crippen LogP contribution in [0.15, 0.2) is 12.1 Å². The number of unbranched alkanes of at least 4 members (excludes halogenated alkanes) is 1. The number of rotatable bonds is 8. The van der Waals surface area contributed by atoms with Gasteiger partial charge in [0, 0.05) is 26.0 Å². The van der Waals surface area contributed by atoms with Crippen molar-refractivity contribution in [1.82, 2.24) is 10.3 Å². The van der Waals surface area contributed by atoms with Gasteiger partial charge in [-0.2, -0.15) is 0 Å². The highest BCUT2D eigenvalue weighted by molar-refractivity contribution is 5.29. The van der Waals surface area contributed by atoms with Gasteiger partial charge in [0.25, 0.3) is 0 Å². The lowest BCUT2D eigenvalue weighted by atomic mass is 10.2. The third-order valence-electron chi connectivity index (χ3n) is 2.42. The third-order valence-corrected chi connectivity index (χ3v) is 2.42. The number of aryl methyl sites for hydroxylation is 1. The molecule has 0 fully saturated rings. The molecule has 1 N–H and O–H groups in total. The molecule has 96 valence electrons. The fraction of sp³-hybridized carbons (Fsp3) is 0.615. The molecule has 0 aliphatic rings. The predicted molar refractivity (Wildman–Crippen MR) is 68.3 cm³/mol. The van der Waals surface area contributed by atoms with Crippen LogP contribution in [0.3, 0.4) is 0 Å². The van der Waals surface area contributed by atoms with E-state index in [0.717, 1.165) is 43.1 Å². The Balaban J connectivity index is 2.45. The first-order valence-electron chi connectivity index (χ1n) is 6.00. The van der Waals surface area contributed by atoms with Crippen molar-refractivity contribution in [2.24, 2.45) is 0 Å². The van der Waals surface area contributed by atoms with Crippen LogP contribution >= 0.6 is 0 Å². The second-order valence-corrected chi connectivity index (χ2v) is 3.98. The van der Waals surface area contributed by atoms with Gasteiger partial charge in [-0.3, -0.25) is 4.98 Å². The molecule has 0 aromatic carbocycles. The predicted octanol–water partition coefficient (Wildman–Crippen LogP) is 1.91. The summed E-state index contributed by atoms with van der Waals surface area (Å²) in [7, 11) is 3.63. The molecule has 0 saturated carbocycles. The summed E-state index contributed by atoms with van der Waals surface area (Å²) in [6.07, 6.45) is 2.03. The van der Waals surface area contributed by atoms with Crippen molar-refractivity contribution in [2.75, 3.05) is 27.4 Å².